The van der Waals surface area contributed by atoms with Gasteiger partial charge in [-0.05, 0) is 50.2 Å². The van der Waals surface area contributed by atoms with E-state index in [0.29, 0.717) is 0 Å². The number of hydrogen-bond acceptors (Lipinski definition) is 2. The maximum atomic E-state index is 3.22. The van der Waals surface area contributed by atoms with Crippen molar-refractivity contribution < 1.29 is 0 Å². The molecule has 1 nitrogen and oxygen atoms in total. The van der Waals surface area contributed by atoms with Crippen LogP contribution in [0, 0.1) is 0 Å². The molecule has 1 heterocycles. The van der Waals surface area contributed by atoms with Gasteiger partial charge >= 0.3 is 0 Å². The van der Waals surface area contributed by atoms with Crippen LogP contribution in [-0.2, 0) is 0 Å². The van der Waals surface area contributed by atoms with Crippen LogP contribution in [0.4, 0.5) is 0 Å². The summed E-state index contributed by atoms with van der Waals surface area (Å²) in [4.78, 5) is 0. The number of rotatable bonds is 3. The zero-order valence-corrected chi connectivity index (χ0v) is 13.0. The summed E-state index contributed by atoms with van der Waals surface area (Å²) in [5, 5.41) is 5.97. The fourth-order valence-electron chi connectivity index (χ4n) is 2.60. The van der Waals surface area contributed by atoms with Crippen molar-refractivity contribution in [1.29, 1.82) is 0 Å². The van der Waals surface area contributed by atoms with Crippen molar-refractivity contribution in [3.05, 3.63) is 53.6 Å². The minimum atomic E-state index is 0.939. The second-order valence-electron chi connectivity index (χ2n) is 5.24. The van der Waals surface area contributed by atoms with Crippen LogP contribution in [0.25, 0.3) is 25.7 Å². The Morgan fingerprint density at radius 3 is 2.55 bits per heavy atom. The van der Waals surface area contributed by atoms with Gasteiger partial charge in [0, 0.05) is 26.7 Å². The molecule has 0 spiro atoms. The van der Waals surface area contributed by atoms with Crippen molar-refractivity contribution in [2.75, 3.05) is 13.6 Å². The van der Waals surface area contributed by atoms with Crippen molar-refractivity contribution in [2.45, 2.75) is 13.8 Å². The van der Waals surface area contributed by atoms with Gasteiger partial charge in [-0.15, -0.1) is 11.3 Å². The highest BCUT2D eigenvalue weighted by molar-refractivity contribution is 7.25. The van der Waals surface area contributed by atoms with E-state index in [9.17, 15) is 0 Å². The monoisotopic (exact) mass is 281 g/mol. The SMILES string of the molecule is CNCC(C)=C(C)c1ccc2sc3ccccc3c2c1. The topological polar surface area (TPSA) is 12.0 Å². The normalized spacial score (nSPS) is 12.9. The predicted octanol–water partition coefficient (Wildman–Crippen LogP) is 5.07. The fourth-order valence-corrected chi connectivity index (χ4v) is 3.69. The van der Waals surface area contributed by atoms with Gasteiger partial charge < -0.3 is 5.32 Å². The second kappa shape index (κ2) is 5.39. The molecule has 0 radical (unpaired) electrons. The van der Waals surface area contributed by atoms with E-state index in [1.165, 1.54) is 36.9 Å². The molecule has 0 aliphatic carbocycles. The summed E-state index contributed by atoms with van der Waals surface area (Å²) in [5.41, 5.74) is 4.09. The van der Waals surface area contributed by atoms with Crippen molar-refractivity contribution in [1.82, 2.24) is 5.32 Å². The Balaban J connectivity index is 2.19. The standard InChI is InChI=1S/C18H19NS/c1-12(11-19-3)13(2)14-8-9-18-16(10-14)15-6-4-5-7-17(15)20-18/h4-10,19H,11H2,1-3H3. The second-order valence-corrected chi connectivity index (χ2v) is 6.33. The third-order valence-corrected chi connectivity index (χ3v) is 5.04. The Bertz CT molecular complexity index is 795. The molecule has 2 heteroatoms. The van der Waals surface area contributed by atoms with Gasteiger partial charge in [0.05, 0.1) is 0 Å². The fraction of sp³-hybridized carbons (Fsp3) is 0.222. The molecular weight excluding hydrogens is 262 g/mol. The number of thiophene rings is 1. The number of benzene rings is 2. The van der Waals surface area contributed by atoms with E-state index in [2.05, 4.69) is 61.6 Å². The minimum Gasteiger partial charge on any atom is -0.316 e. The Morgan fingerprint density at radius 2 is 1.75 bits per heavy atom. The summed E-state index contributed by atoms with van der Waals surface area (Å²) < 4.78 is 2.74. The van der Waals surface area contributed by atoms with Crippen molar-refractivity contribution in [3.8, 4) is 0 Å². The first-order chi connectivity index (χ1) is 9.70. The van der Waals surface area contributed by atoms with E-state index in [0.717, 1.165) is 6.54 Å². The first kappa shape index (κ1) is 13.3. The lowest BCUT2D eigenvalue weighted by atomic mass is 10.00. The Morgan fingerprint density at radius 1 is 1.00 bits per heavy atom. The maximum Gasteiger partial charge on any atom is 0.0355 e. The summed E-state index contributed by atoms with van der Waals surface area (Å²) in [6.45, 7) is 5.35. The third-order valence-electron chi connectivity index (χ3n) is 3.89. The van der Waals surface area contributed by atoms with Gasteiger partial charge in [-0.2, -0.15) is 0 Å². The molecule has 0 saturated heterocycles. The summed E-state index contributed by atoms with van der Waals surface area (Å²) in [6, 6.07) is 15.5. The molecule has 1 aromatic heterocycles. The van der Waals surface area contributed by atoms with Gasteiger partial charge in [-0.25, -0.2) is 0 Å². The number of allylic oxidation sites excluding steroid dienone is 1. The van der Waals surface area contributed by atoms with E-state index in [1.807, 2.05) is 18.4 Å². The lowest BCUT2D eigenvalue weighted by molar-refractivity contribution is 0.881. The Hall–Kier alpha value is -1.64. The Kier molecular flexibility index (Phi) is 3.60. The number of likely N-dealkylation sites (N-methyl/N-ethyl adjacent to an activating group) is 1. The van der Waals surface area contributed by atoms with Crippen LogP contribution in [0.2, 0.25) is 0 Å². The number of fused-ring (bicyclic) bond motifs is 3. The van der Waals surface area contributed by atoms with Crippen LogP contribution in [0.15, 0.2) is 48.0 Å². The average molecular weight is 281 g/mol. The van der Waals surface area contributed by atoms with Crippen LogP contribution in [0.5, 0.6) is 0 Å². The zero-order valence-electron chi connectivity index (χ0n) is 12.2. The van der Waals surface area contributed by atoms with Crippen molar-refractivity contribution in [3.63, 3.8) is 0 Å². The van der Waals surface area contributed by atoms with Crippen LogP contribution in [0.1, 0.15) is 19.4 Å². The van der Waals surface area contributed by atoms with Gasteiger partial charge in [0.1, 0.15) is 0 Å². The van der Waals surface area contributed by atoms with E-state index >= 15 is 0 Å². The summed E-state index contributed by atoms with van der Waals surface area (Å²) in [5.74, 6) is 0. The highest BCUT2D eigenvalue weighted by atomic mass is 32.1. The first-order valence-electron chi connectivity index (χ1n) is 6.93. The summed E-state index contributed by atoms with van der Waals surface area (Å²) in [7, 11) is 1.99. The third kappa shape index (κ3) is 2.26. The van der Waals surface area contributed by atoms with Gasteiger partial charge in [-0.3, -0.25) is 0 Å². The molecule has 0 amide bonds. The molecule has 0 saturated carbocycles. The van der Waals surface area contributed by atoms with E-state index in [4.69, 9.17) is 0 Å². The highest BCUT2D eigenvalue weighted by Gasteiger charge is 2.07. The molecule has 20 heavy (non-hydrogen) atoms. The minimum absolute atomic E-state index is 0.939. The van der Waals surface area contributed by atoms with E-state index < -0.39 is 0 Å². The molecule has 3 rings (SSSR count). The summed E-state index contributed by atoms with van der Waals surface area (Å²) in [6.07, 6.45) is 0. The van der Waals surface area contributed by atoms with Crippen LogP contribution in [-0.4, -0.2) is 13.6 Å². The van der Waals surface area contributed by atoms with Gasteiger partial charge in [0.2, 0.25) is 0 Å². The van der Waals surface area contributed by atoms with Crippen LogP contribution >= 0.6 is 11.3 Å². The van der Waals surface area contributed by atoms with Gasteiger partial charge in [-0.1, -0.05) is 29.8 Å². The van der Waals surface area contributed by atoms with Crippen molar-refractivity contribution in [2.24, 2.45) is 0 Å². The van der Waals surface area contributed by atoms with Crippen LogP contribution < -0.4 is 5.32 Å². The number of hydrogen-bond donors (Lipinski definition) is 1. The molecule has 0 bridgehead atoms. The average Bonchev–Trinajstić information content (AvgIpc) is 2.84. The molecule has 102 valence electrons. The molecule has 0 aliphatic rings. The molecule has 2 aromatic carbocycles. The Labute approximate surface area is 123 Å². The van der Waals surface area contributed by atoms with Crippen molar-refractivity contribution >= 4 is 37.1 Å². The first-order valence-corrected chi connectivity index (χ1v) is 7.75. The largest absolute Gasteiger partial charge is 0.316 e. The number of nitrogens with one attached hydrogen (secondary N) is 1. The predicted molar refractivity (Wildman–Crippen MR) is 91.5 cm³/mol. The van der Waals surface area contributed by atoms with E-state index in [1.54, 1.807) is 0 Å². The molecule has 3 aromatic rings. The maximum absolute atomic E-state index is 3.22. The molecular formula is C18H19NS. The summed E-state index contributed by atoms with van der Waals surface area (Å²) >= 11 is 1.87. The molecule has 0 fully saturated rings. The van der Waals surface area contributed by atoms with Gasteiger partial charge in [0.15, 0.2) is 0 Å². The molecule has 1 N–H and O–H groups in total. The molecule has 0 aliphatic heterocycles. The van der Waals surface area contributed by atoms with E-state index in [-0.39, 0.29) is 0 Å². The lowest BCUT2D eigenvalue weighted by Gasteiger charge is -2.08. The van der Waals surface area contributed by atoms with Gasteiger partial charge in [0.25, 0.3) is 0 Å². The lowest BCUT2D eigenvalue weighted by Crippen LogP contribution is -2.09. The quantitative estimate of drug-likeness (QED) is 0.707. The molecule has 0 atom stereocenters. The van der Waals surface area contributed by atoms with Crippen LogP contribution in [0.3, 0.4) is 0 Å². The zero-order chi connectivity index (χ0) is 14.1. The molecule has 0 unspecified atom stereocenters. The smallest absolute Gasteiger partial charge is 0.0355 e. The highest BCUT2D eigenvalue weighted by Crippen LogP contribution is 2.35.